The van der Waals surface area contributed by atoms with Crippen molar-refractivity contribution in [1.29, 1.82) is 0 Å². The van der Waals surface area contributed by atoms with E-state index in [1.165, 1.54) is 12.8 Å². The van der Waals surface area contributed by atoms with Crippen molar-refractivity contribution < 1.29 is 0 Å². The predicted octanol–water partition coefficient (Wildman–Crippen LogP) is 3.16. The zero-order valence-corrected chi connectivity index (χ0v) is 12.4. The van der Waals surface area contributed by atoms with Gasteiger partial charge in [-0.25, -0.2) is 0 Å². The molecule has 1 atom stereocenters. The maximum absolute atomic E-state index is 12.6. The minimum atomic E-state index is 0.211. The SMILES string of the molecule is CCC(C)NCc1ccc(C)n(C2CCCC2)c1=O. The molecule has 0 aromatic carbocycles. The second-order valence-corrected chi connectivity index (χ2v) is 5.80. The first-order chi connectivity index (χ1) is 9.13. The second kappa shape index (κ2) is 6.38. The number of hydrogen-bond donors (Lipinski definition) is 1. The van der Waals surface area contributed by atoms with Crippen molar-refractivity contribution in [2.75, 3.05) is 0 Å². The molecule has 1 N–H and O–H groups in total. The molecule has 1 unspecified atom stereocenters. The van der Waals surface area contributed by atoms with Crippen LogP contribution < -0.4 is 10.9 Å². The van der Waals surface area contributed by atoms with Gasteiger partial charge in [-0.3, -0.25) is 4.79 Å². The first-order valence-electron chi connectivity index (χ1n) is 7.58. The van der Waals surface area contributed by atoms with Gasteiger partial charge in [-0.1, -0.05) is 25.8 Å². The van der Waals surface area contributed by atoms with E-state index >= 15 is 0 Å². The molecular weight excluding hydrogens is 236 g/mol. The first-order valence-corrected chi connectivity index (χ1v) is 7.58. The standard InChI is InChI=1S/C16H26N2O/c1-4-12(2)17-11-14-10-9-13(3)18(16(14)19)15-7-5-6-8-15/h9-10,12,15,17H,4-8,11H2,1-3H3. The van der Waals surface area contributed by atoms with E-state index < -0.39 is 0 Å². The Bertz CT molecular complexity index is 472. The summed E-state index contributed by atoms with van der Waals surface area (Å²) in [6.07, 6.45) is 5.91. The molecule has 0 saturated heterocycles. The summed E-state index contributed by atoms with van der Waals surface area (Å²) in [5.74, 6) is 0. The molecule has 1 saturated carbocycles. The van der Waals surface area contributed by atoms with Crippen LogP contribution in [0.1, 0.15) is 63.3 Å². The van der Waals surface area contributed by atoms with Crippen LogP contribution in [0.15, 0.2) is 16.9 Å². The lowest BCUT2D eigenvalue weighted by molar-refractivity contribution is 0.480. The van der Waals surface area contributed by atoms with E-state index in [1.807, 2.05) is 17.6 Å². The Balaban J connectivity index is 2.21. The molecule has 1 heterocycles. The van der Waals surface area contributed by atoms with Gasteiger partial charge in [0.15, 0.2) is 0 Å². The number of rotatable bonds is 5. The minimum absolute atomic E-state index is 0.211. The molecule has 0 amide bonds. The van der Waals surface area contributed by atoms with Crippen LogP contribution in [-0.2, 0) is 6.54 Å². The molecule has 2 rings (SSSR count). The molecule has 1 fully saturated rings. The Morgan fingerprint density at radius 1 is 1.37 bits per heavy atom. The quantitative estimate of drug-likeness (QED) is 0.884. The molecule has 0 bridgehead atoms. The van der Waals surface area contributed by atoms with Gasteiger partial charge in [0, 0.05) is 29.9 Å². The van der Waals surface area contributed by atoms with Crippen molar-refractivity contribution in [1.82, 2.24) is 9.88 Å². The molecule has 3 nitrogen and oxygen atoms in total. The van der Waals surface area contributed by atoms with Crippen LogP contribution in [0.4, 0.5) is 0 Å². The van der Waals surface area contributed by atoms with Crippen molar-refractivity contribution in [3.8, 4) is 0 Å². The van der Waals surface area contributed by atoms with E-state index in [0.717, 1.165) is 30.5 Å². The smallest absolute Gasteiger partial charge is 0.255 e. The lowest BCUT2D eigenvalue weighted by Crippen LogP contribution is -2.32. The Labute approximate surface area is 116 Å². The van der Waals surface area contributed by atoms with Crippen LogP contribution in [0.3, 0.4) is 0 Å². The summed E-state index contributed by atoms with van der Waals surface area (Å²) >= 11 is 0. The molecular formula is C16H26N2O. The highest BCUT2D eigenvalue weighted by Gasteiger charge is 2.20. The molecule has 1 aliphatic carbocycles. The maximum atomic E-state index is 12.6. The van der Waals surface area contributed by atoms with Crippen molar-refractivity contribution in [3.63, 3.8) is 0 Å². The molecule has 0 spiro atoms. The summed E-state index contributed by atoms with van der Waals surface area (Å²) in [7, 11) is 0. The molecule has 3 heteroatoms. The predicted molar refractivity (Wildman–Crippen MR) is 79.5 cm³/mol. The van der Waals surface area contributed by atoms with E-state index in [4.69, 9.17) is 0 Å². The molecule has 19 heavy (non-hydrogen) atoms. The van der Waals surface area contributed by atoms with Gasteiger partial charge >= 0.3 is 0 Å². The number of nitrogens with zero attached hydrogens (tertiary/aromatic N) is 1. The Hall–Kier alpha value is -1.09. The average molecular weight is 262 g/mol. The Morgan fingerprint density at radius 2 is 2.05 bits per heavy atom. The molecule has 0 aliphatic heterocycles. The van der Waals surface area contributed by atoms with Gasteiger partial charge in [0.05, 0.1) is 0 Å². The largest absolute Gasteiger partial charge is 0.310 e. The van der Waals surface area contributed by atoms with E-state index in [0.29, 0.717) is 18.6 Å². The second-order valence-electron chi connectivity index (χ2n) is 5.80. The first kappa shape index (κ1) is 14.3. The fourth-order valence-corrected chi connectivity index (χ4v) is 2.87. The number of nitrogens with one attached hydrogen (secondary N) is 1. The third-order valence-electron chi connectivity index (χ3n) is 4.34. The highest BCUT2D eigenvalue weighted by molar-refractivity contribution is 5.16. The van der Waals surface area contributed by atoms with Crippen LogP contribution >= 0.6 is 0 Å². The summed E-state index contributed by atoms with van der Waals surface area (Å²) in [6, 6.07) is 4.96. The van der Waals surface area contributed by atoms with Gasteiger partial charge in [0.2, 0.25) is 0 Å². The van der Waals surface area contributed by atoms with Gasteiger partial charge in [-0.2, -0.15) is 0 Å². The Morgan fingerprint density at radius 3 is 2.68 bits per heavy atom. The Kier molecular flexibility index (Phi) is 4.81. The summed E-state index contributed by atoms with van der Waals surface area (Å²) in [5.41, 5.74) is 2.21. The van der Waals surface area contributed by atoms with Gasteiger partial charge in [0.1, 0.15) is 0 Å². The zero-order valence-electron chi connectivity index (χ0n) is 12.4. The van der Waals surface area contributed by atoms with Crippen molar-refractivity contribution in [2.45, 2.75) is 71.5 Å². The lowest BCUT2D eigenvalue weighted by Gasteiger charge is -2.19. The van der Waals surface area contributed by atoms with Crippen LogP contribution in [0.5, 0.6) is 0 Å². The van der Waals surface area contributed by atoms with Crippen LogP contribution in [0.2, 0.25) is 0 Å². The molecule has 1 aromatic heterocycles. The normalized spacial score (nSPS) is 17.8. The third-order valence-corrected chi connectivity index (χ3v) is 4.34. The van der Waals surface area contributed by atoms with Crippen LogP contribution in [0, 0.1) is 6.92 Å². The molecule has 0 radical (unpaired) electrons. The monoisotopic (exact) mass is 262 g/mol. The summed E-state index contributed by atoms with van der Waals surface area (Å²) in [5, 5.41) is 3.41. The third kappa shape index (κ3) is 3.27. The van der Waals surface area contributed by atoms with Gasteiger partial charge in [0.25, 0.3) is 5.56 Å². The van der Waals surface area contributed by atoms with E-state index in [1.54, 1.807) is 0 Å². The molecule has 106 valence electrons. The van der Waals surface area contributed by atoms with Crippen molar-refractivity contribution in [2.24, 2.45) is 0 Å². The minimum Gasteiger partial charge on any atom is -0.310 e. The van der Waals surface area contributed by atoms with E-state index in [9.17, 15) is 4.79 Å². The summed E-state index contributed by atoms with van der Waals surface area (Å²) in [6.45, 7) is 7.04. The van der Waals surface area contributed by atoms with Gasteiger partial charge < -0.3 is 9.88 Å². The van der Waals surface area contributed by atoms with Crippen molar-refractivity contribution in [3.05, 3.63) is 33.7 Å². The van der Waals surface area contributed by atoms with Crippen molar-refractivity contribution >= 4 is 0 Å². The number of hydrogen-bond acceptors (Lipinski definition) is 2. The van der Waals surface area contributed by atoms with E-state index in [2.05, 4.69) is 25.2 Å². The number of pyridine rings is 1. The summed E-state index contributed by atoms with van der Waals surface area (Å²) in [4.78, 5) is 12.6. The summed E-state index contributed by atoms with van der Waals surface area (Å²) < 4.78 is 2.03. The maximum Gasteiger partial charge on any atom is 0.255 e. The topological polar surface area (TPSA) is 34.0 Å². The van der Waals surface area contributed by atoms with E-state index in [-0.39, 0.29) is 5.56 Å². The van der Waals surface area contributed by atoms with Crippen LogP contribution in [-0.4, -0.2) is 10.6 Å². The molecule has 1 aliphatic rings. The van der Waals surface area contributed by atoms with Gasteiger partial charge in [-0.05, 0) is 39.2 Å². The highest BCUT2D eigenvalue weighted by Crippen LogP contribution is 2.29. The fourth-order valence-electron chi connectivity index (χ4n) is 2.87. The van der Waals surface area contributed by atoms with Crippen LogP contribution in [0.25, 0.3) is 0 Å². The van der Waals surface area contributed by atoms with Gasteiger partial charge in [-0.15, -0.1) is 0 Å². The lowest BCUT2D eigenvalue weighted by atomic mass is 10.1. The highest BCUT2D eigenvalue weighted by atomic mass is 16.1. The zero-order chi connectivity index (χ0) is 13.8. The molecule has 1 aromatic rings. The average Bonchev–Trinajstić information content (AvgIpc) is 2.91. The number of aromatic nitrogens is 1. The fraction of sp³-hybridized carbons (Fsp3) is 0.688. The number of aryl methyl sites for hydroxylation is 1.